The third kappa shape index (κ3) is 2.44. The van der Waals surface area contributed by atoms with Gasteiger partial charge in [-0.15, -0.1) is 0 Å². The first-order valence-corrected chi connectivity index (χ1v) is 7.80. The lowest BCUT2D eigenvalue weighted by Gasteiger charge is -2.15. The van der Waals surface area contributed by atoms with Crippen molar-refractivity contribution in [2.24, 2.45) is 0 Å². The Kier molecular flexibility index (Phi) is 3.35. The third-order valence-corrected chi connectivity index (χ3v) is 4.17. The molecule has 4 aromatic carbocycles. The summed E-state index contributed by atoms with van der Waals surface area (Å²) in [4.78, 5) is 0. The van der Waals surface area contributed by atoms with E-state index < -0.39 is 0 Å². The number of nitrogens with two attached hydrogens (primary N) is 2. The molecule has 6 N–H and O–H groups in total. The molecule has 4 rings (SSSR count). The lowest BCUT2D eigenvalue weighted by atomic mass is 10.1. The van der Waals surface area contributed by atoms with Crippen LogP contribution in [0.3, 0.4) is 0 Å². The number of anilines is 4. The van der Waals surface area contributed by atoms with E-state index in [0.29, 0.717) is 0 Å². The first-order valence-electron chi connectivity index (χ1n) is 7.80. The van der Waals surface area contributed by atoms with E-state index in [1.54, 1.807) is 0 Å². The van der Waals surface area contributed by atoms with E-state index in [1.807, 2.05) is 60.7 Å². The Bertz CT molecular complexity index is 1040. The average Bonchev–Trinajstić information content (AvgIpc) is 2.61. The molecule has 0 bridgehead atoms. The quantitative estimate of drug-likeness (QED) is 0.329. The molecule has 0 radical (unpaired) electrons. The van der Waals surface area contributed by atoms with Crippen LogP contribution in [0, 0.1) is 0 Å². The molecule has 0 spiro atoms. The molecular weight excluding hydrogens is 296 g/mol. The van der Waals surface area contributed by atoms with E-state index in [-0.39, 0.29) is 0 Å². The van der Waals surface area contributed by atoms with Gasteiger partial charge in [-0.05, 0) is 29.7 Å². The van der Waals surface area contributed by atoms with Gasteiger partial charge < -0.3 is 22.3 Å². The second kappa shape index (κ2) is 5.66. The fourth-order valence-electron chi connectivity index (χ4n) is 3.00. The van der Waals surface area contributed by atoms with E-state index in [4.69, 9.17) is 11.5 Å². The Morgan fingerprint density at radius 1 is 0.583 bits per heavy atom. The van der Waals surface area contributed by atoms with Crippen LogP contribution in [-0.2, 0) is 0 Å². The molecule has 24 heavy (non-hydrogen) atoms. The molecule has 4 heteroatoms. The summed E-state index contributed by atoms with van der Waals surface area (Å²) in [7, 11) is 0. The predicted molar refractivity (Wildman–Crippen MR) is 104 cm³/mol. The maximum absolute atomic E-state index is 6.06. The molecule has 0 amide bonds. The zero-order valence-corrected chi connectivity index (χ0v) is 13.1. The molecule has 0 aliphatic carbocycles. The van der Waals surface area contributed by atoms with Crippen LogP contribution < -0.4 is 22.3 Å². The van der Waals surface area contributed by atoms with Crippen LogP contribution in [0.25, 0.3) is 21.5 Å². The number of nitrogens with one attached hydrogen (secondary N) is 2. The van der Waals surface area contributed by atoms with Crippen molar-refractivity contribution in [1.29, 1.82) is 0 Å². The fourth-order valence-corrected chi connectivity index (χ4v) is 3.00. The number of hydrogen-bond donors (Lipinski definition) is 4. The molecule has 0 saturated carbocycles. The third-order valence-electron chi connectivity index (χ3n) is 4.17. The maximum atomic E-state index is 6.06. The van der Waals surface area contributed by atoms with Gasteiger partial charge in [0.15, 0.2) is 0 Å². The van der Waals surface area contributed by atoms with E-state index in [9.17, 15) is 0 Å². The topological polar surface area (TPSA) is 76.1 Å². The molecule has 0 unspecified atom stereocenters. The summed E-state index contributed by atoms with van der Waals surface area (Å²) in [6.45, 7) is 0. The molecule has 0 saturated heterocycles. The normalized spacial score (nSPS) is 10.8. The second-order valence-electron chi connectivity index (χ2n) is 5.79. The van der Waals surface area contributed by atoms with Crippen LogP contribution in [0.4, 0.5) is 22.7 Å². The maximum Gasteiger partial charge on any atom is 0.0638 e. The number of benzene rings is 4. The Hall–Kier alpha value is -3.40. The van der Waals surface area contributed by atoms with Crippen LogP contribution in [0.1, 0.15) is 0 Å². The Morgan fingerprint density at radius 2 is 1.25 bits per heavy atom. The molecule has 4 nitrogen and oxygen atoms in total. The molecule has 4 aromatic rings. The number of rotatable bonds is 3. The highest BCUT2D eigenvalue weighted by Crippen LogP contribution is 2.30. The van der Waals surface area contributed by atoms with E-state index in [1.165, 1.54) is 0 Å². The molecule has 0 heterocycles. The first kappa shape index (κ1) is 14.2. The van der Waals surface area contributed by atoms with Crippen molar-refractivity contribution < 1.29 is 0 Å². The summed E-state index contributed by atoms with van der Waals surface area (Å²) in [5.74, 6) is 0. The van der Waals surface area contributed by atoms with Crippen molar-refractivity contribution in [2.75, 3.05) is 22.3 Å². The lowest BCUT2D eigenvalue weighted by Crippen LogP contribution is -2.10. The van der Waals surface area contributed by atoms with Crippen LogP contribution >= 0.6 is 0 Å². The summed E-state index contributed by atoms with van der Waals surface area (Å²) >= 11 is 0. The molecule has 0 fully saturated rings. The standard InChI is InChI=1S/C20H18N4/c21-14-11-13-5-1-2-6-15(13)20(12-14)24-23-19-10-9-18(22)16-7-3-4-8-17(16)19/h1-12,23-24H,21-22H2. The summed E-state index contributed by atoms with van der Waals surface area (Å²) in [5.41, 5.74) is 22.0. The van der Waals surface area contributed by atoms with Crippen molar-refractivity contribution >= 4 is 44.3 Å². The molecular formula is C20H18N4. The highest BCUT2D eigenvalue weighted by Gasteiger charge is 2.05. The predicted octanol–water partition coefficient (Wildman–Crippen LogP) is 4.60. The molecule has 0 aliphatic heterocycles. The van der Waals surface area contributed by atoms with Gasteiger partial charge in [-0.1, -0.05) is 48.5 Å². The average molecular weight is 314 g/mol. The van der Waals surface area contributed by atoms with Crippen LogP contribution in [0.15, 0.2) is 72.8 Å². The van der Waals surface area contributed by atoms with Gasteiger partial charge in [-0.3, -0.25) is 0 Å². The minimum absolute atomic E-state index is 0.722. The minimum Gasteiger partial charge on any atom is -0.399 e. The van der Waals surface area contributed by atoms with Crippen LogP contribution in [0.2, 0.25) is 0 Å². The van der Waals surface area contributed by atoms with Gasteiger partial charge in [0.1, 0.15) is 0 Å². The highest BCUT2D eigenvalue weighted by atomic mass is 15.4. The van der Waals surface area contributed by atoms with E-state index >= 15 is 0 Å². The van der Waals surface area contributed by atoms with Crippen LogP contribution in [0.5, 0.6) is 0 Å². The number of hydrazine groups is 1. The van der Waals surface area contributed by atoms with Crippen molar-refractivity contribution in [3.63, 3.8) is 0 Å². The van der Waals surface area contributed by atoms with Gasteiger partial charge in [-0.25, -0.2) is 0 Å². The Labute approximate surface area is 140 Å². The largest absolute Gasteiger partial charge is 0.399 e. The van der Waals surface area contributed by atoms with Crippen molar-refractivity contribution in [3.8, 4) is 0 Å². The smallest absolute Gasteiger partial charge is 0.0638 e. The number of fused-ring (bicyclic) bond motifs is 2. The van der Waals surface area contributed by atoms with E-state index in [2.05, 4.69) is 23.0 Å². The Balaban J connectivity index is 1.73. The number of hydrogen-bond acceptors (Lipinski definition) is 4. The Morgan fingerprint density at radius 3 is 2.08 bits per heavy atom. The van der Waals surface area contributed by atoms with Crippen molar-refractivity contribution in [2.45, 2.75) is 0 Å². The summed E-state index contributed by atoms with van der Waals surface area (Å²) in [6.07, 6.45) is 0. The second-order valence-corrected chi connectivity index (χ2v) is 5.79. The van der Waals surface area contributed by atoms with Gasteiger partial charge in [0.2, 0.25) is 0 Å². The summed E-state index contributed by atoms with van der Waals surface area (Å²) in [6, 6.07) is 24.0. The van der Waals surface area contributed by atoms with Gasteiger partial charge in [0.05, 0.1) is 11.4 Å². The summed E-state index contributed by atoms with van der Waals surface area (Å²) in [5, 5.41) is 4.31. The SMILES string of the molecule is Nc1cc(NNc2ccc(N)c3ccccc23)c2ccccc2c1. The fraction of sp³-hybridized carbons (Fsp3) is 0. The monoisotopic (exact) mass is 314 g/mol. The zero-order valence-electron chi connectivity index (χ0n) is 13.1. The molecule has 0 atom stereocenters. The first-order chi connectivity index (χ1) is 11.7. The zero-order chi connectivity index (χ0) is 16.5. The highest BCUT2D eigenvalue weighted by molar-refractivity contribution is 6.02. The van der Waals surface area contributed by atoms with Gasteiger partial charge in [0, 0.05) is 27.5 Å². The summed E-state index contributed by atoms with van der Waals surface area (Å²) < 4.78 is 0. The van der Waals surface area contributed by atoms with Gasteiger partial charge in [-0.2, -0.15) is 0 Å². The van der Waals surface area contributed by atoms with Gasteiger partial charge >= 0.3 is 0 Å². The van der Waals surface area contributed by atoms with Crippen molar-refractivity contribution in [1.82, 2.24) is 0 Å². The molecule has 0 aromatic heterocycles. The number of nitrogen functional groups attached to an aromatic ring is 2. The minimum atomic E-state index is 0.722. The van der Waals surface area contributed by atoms with E-state index in [0.717, 1.165) is 44.3 Å². The molecule has 118 valence electrons. The van der Waals surface area contributed by atoms with Gasteiger partial charge in [0.25, 0.3) is 0 Å². The molecule has 0 aliphatic rings. The van der Waals surface area contributed by atoms with Crippen molar-refractivity contribution in [3.05, 3.63) is 72.8 Å². The lowest BCUT2D eigenvalue weighted by molar-refractivity contribution is 1.45. The van der Waals surface area contributed by atoms with Crippen LogP contribution in [-0.4, -0.2) is 0 Å².